The number of hydrogen-bond donors (Lipinski definition) is 3. The Morgan fingerprint density at radius 1 is 0.786 bits per heavy atom. The van der Waals surface area contributed by atoms with E-state index in [2.05, 4.69) is 37.9 Å². The molecule has 0 bridgehead atoms. The molecule has 0 saturated carbocycles. The molecule has 28 heavy (non-hydrogen) atoms. The highest BCUT2D eigenvalue weighted by molar-refractivity contribution is 7.57. The van der Waals surface area contributed by atoms with Crippen molar-refractivity contribution in [2.75, 3.05) is 19.7 Å². The van der Waals surface area contributed by atoms with Crippen molar-refractivity contribution >= 4 is 15.0 Å². The molecule has 6 nitrogen and oxygen atoms in total. The SMILES string of the molecule is CC(C)CCCNP(=O)(O)C(C)C.CCOP(=O)(NCCCC(C)C)C(C)C. The molecular formula is C20H48N2O4P2. The van der Waals surface area contributed by atoms with Gasteiger partial charge in [-0.1, -0.05) is 55.4 Å². The molecule has 0 aliphatic rings. The first-order chi connectivity index (χ1) is 12.8. The Balaban J connectivity index is 0. The maximum Gasteiger partial charge on any atom is 0.272 e. The second kappa shape index (κ2) is 16.1. The highest BCUT2D eigenvalue weighted by Crippen LogP contribution is 2.47. The van der Waals surface area contributed by atoms with E-state index in [1.165, 1.54) is 0 Å². The second-order valence-corrected chi connectivity index (χ2v) is 14.1. The van der Waals surface area contributed by atoms with Crippen LogP contribution >= 0.6 is 15.0 Å². The quantitative estimate of drug-likeness (QED) is 0.217. The summed E-state index contributed by atoms with van der Waals surface area (Å²) in [6.45, 7) is 19.9. The van der Waals surface area contributed by atoms with Crippen LogP contribution in [0, 0.1) is 11.8 Å². The van der Waals surface area contributed by atoms with Gasteiger partial charge in [0.05, 0.1) is 6.61 Å². The summed E-state index contributed by atoms with van der Waals surface area (Å²) in [7, 11) is -5.68. The van der Waals surface area contributed by atoms with Gasteiger partial charge in [0.2, 0.25) is 0 Å². The molecule has 0 aromatic heterocycles. The van der Waals surface area contributed by atoms with Crippen molar-refractivity contribution in [2.45, 2.75) is 99.3 Å². The lowest BCUT2D eigenvalue weighted by Crippen LogP contribution is -2.20. The Kier molecular flexibility index (Phi) is 17.5. The lowest BCUT2D eigenvalue weighted by atomic mass is 10.1. The van der Waals surface area contributed by atoms with Gasteiger partial charge in [-0.15, -0.1) is 0 Å². The summed E-state index contributed by atoms with van der Waals surface area (Å²) in [6, 6.07) is 0. The highest BCUT2D eigenvalue weighted by atomic mass is 31.2. The first-order valence-corrected chi connectivity index (χ1v) is 14.3. The van der Waals surface area contributed by atoms with Crippen LogP contribution in [0.3, 0.4) is 0 Å². The average molecular weight is 443 g/mol. The van der Waals surface area contributed by atoms with Gasteiger partial charge in [-0.05, 0) is 44.4 Å². The highest BCUT2D eigenvalue weighted by Gasteiger charge is 2.26. The summed E-state index contributed by atoms with van der Waals surface area (Å²) in [5.74, 6) is 1.37. The topological polar surface area (TPSA) is 87.7 Å². The summed E-state index contributed by atoms with van der Waals surface area (Å²) in [6.07, 6.45) is 4.29. The van der Waals surface area contributed by atoms with E-state index in [0.717, 1.165) is 32.2 Å². The maximum absolute atomic E-state index is 12.2. The van der Waals surface area contributed by atoms with Crippen LogP contribution in [0.1, 0.15) is 88.0 Å². The smallest absolute Gasteiger partial charge is 0.272 e. The minimum absolute atomic E-state index is 0.0523. The van der Waals surface area contributed by atoms with Crippen molar-refractivity contribution in [1.82, 2.24) is 10.2 Å². The van der Waals surface area contributed by atoms with Crippen molar-refractivity contribution in [1.29, 1.82) is 0 Å². The van der Waals surface area contributed by atoms with Gasteiger partial charge in [0.15, 0.2) is 0 Å². The fourth-order valence-electron chi connectivity index (χ4n) is 2.25. The van der Waals surface area contributed by atoms with Crippen LogP contribution in [0.2, 0.25) is 0 Å². The van der Waals surface area contributed by atoms with E-state index in [1.54, 1.807) is 13.8 Å². The van der Waals surface area contributed by atoms with Gasteiger partial charge >= 0.3 is 0 Å². The Labute approximate surface area is 175 Å². The molecule has 0 rings (SSSR count). The van der Waals surface area contributed by atoms with Gasteiger partial charge in [-0.25, -0.2) is 10.2 Å². The maximum atomic E-state index is 12.2. The fourth-order valence-corrected chi connectivity index (χ4v) is 4.70. The Morgan fingerprint density at radius 2 is 1.21 bits per heavy atom. The van der Waals surface area contributed by atoms with Crippen molar-refractivity contribution in [3.05, 3.63) is 0 Å². The van der Waals surface area contributed by atoms with Crippen LogP contribution in [-0.2, 0) is 13.7 Å². The third-order valence-corrected chi connectivity index (χ3v) is 9.03. The lowest BCUT2D eigenvalue weighted by molar-refractivity contribution is 0.318. The normalized spacial score (nSPS) is 16.2. The zero-order chi connectivity index (χ0) is 22.4. The Morgan fingerprint density at radius 3 is 1.54 bits per heavy atom. The summed E-state index contributed by atoms with van der Waals surface area (Å²) in [5, 5.41) is 5.81. The van der Waals surface area contributed by atoms with E-state index in [9.17, 15) is 14.0 Å². The van der Waals surface area contributed by atoms with Gasteiger partial charge < -0.3 is 9.42 Å². The average Bonchev–Trinajstić information content (AvgIpc) is 2.56. The van der Waals surface area contributed by atoms with Crippen molar-refractivity contribution in [3.63, 3.8) is 0 Å². The van der Waals surface area contributed by atoms with Gasteiger partial charge in [-0.3, -0.25) is 9.13 Å². The molecule has 0 radical (unpaired) electrons. The van der Waals surface area contributed by atoms with E-state index in [4.69, 9.17) is 4.52 Å². The van der Waals surface area contributed by atoms with E-state index < -0.39 is 15.0 Å². The fraction of sp³-hybridized carbons (Fsp3) is 1.00. The number of rotatable bonds is 14. The molecule has 172 valence electrons. The van der Waals surface area contributed by atoms with Crippen LogP contribution in [0.25, 0.3) is 0 Å². The van der Waals surface area contributed by atoms with Crippen LogP contribution in [0.4, 0.5) is 0 Å². The molecule has 0 spiro atoms. The van der Waals surface area contributed by atoms with E-state index in [0.29, 0.717) is 25.0 Å². The minimum Gasteiger partial charge on any atom is -0.333 e. The Bertz CT molecular complexity index is 469. The van der Waals surface area contributed by atoms with Crippen molar-refractivity contribution in [2.24, 2.45) is 11.8 Å². The van der Waals surface area contributed by atoms with Gasteiger partial charge in [0.1, 0.15) is 0 Å². The van der Waals surface area contributed by atoms with Crippen molar-refractivity contribution < 1.29 is 18.5 Å². The van der Waals surface area contributed by atoms with Crippen LogP contribution in [0.5, 0.6) is 0 Å². The zero-order valence-corrected chi connectivity index (χ0v) is 21.6. The molecular weight excluding hydrogens is 394 g/mol. The van der Waals surface area contributed by atoms with Crippen LogP contribution in [0.15, 0.2) is 0 Å². The van der Waals surface area contributed by atoms with Crippen molar-refractivity contribution in [3.8, 4) is 0 Å². The Hall–Kier alpha value is 0.300. The molecule has 2 unspecified atom stereocenters. The van der Waals surface area contributed by atoms with E-state index in [-0.39, 0.29) is 11.3 Å². The molecule has 0 saturated heterocycles. The molecule has 0 aromatic carbocycles. The first kappa shape index (κ1) is 30.5. The minimum atomic E-state index is -3.07. The van der Waals surface area contributed by atoms with Crippen LogP contribution < -0.4 is 10.2 Å². The molecule has 8 heteroatoms. The molecule has 0 aromatic rings. The second-order valence-electron chi connectivity index (χ2n) is 8.71. The predicted molar refractivity (Wildman–Crippen MR) is 123 cm³/mol. The lowest BCUT2D eigenvalue weighted by Gasteiger charge is -2.22. The summed E-state index contributed by atoms with van der Waals surface area (Å²) in [4.78, 5) is 9.40. The van der Waals surface area contributed by atoms with Gasteiger partial charge in [0.25, 0.3) is 15.0 Å². The first-order valence-electron chi connectivity index (χ1n) is 10.8. The molecule has 0 aliphatic heterocycles. The van der Waals surface area contributed by atoms with E-state index >= 15 is 0 Å². The number of nitrogens with one attached hydrogen (secondary N) is 2. The molecule has 0 amide bonds. The molecule has 0 fully saturated rings. The monoisotopic (exact) mass is 442 g/mol. The molecule has 2 atom stereocenters. The summed E-state index contributed by atoms with van der Waals surface area (Å²) >= 11 is 0. The third-order valence-electron chi connectivity index (χ3n) is 4.29. The molecule has 0 aliphatic carbocycles. The summed E-state index contributed by atoms with van der Waals surface area (Å²) < 4.78 is 29.0. The van der Waals surface area contributed by atoms with Gasteiger partial charge in [-0.2, -0.15) is 0 Å². The largest absolute Gasteiger partial charge is 0.333 e. The molecule has 0 heterocycles. The van der Waals surface area contributed by atoms with Gasteiger partial charge in [0, 0.05) is 24.4 Å². The standard InChI is InChI=1S/C11H26NO2P.C9H22NO2P/c1-6-14-15(13,11(4)5)12-9-7-8-10(2)3;1-8(2)6-5-7-10-13(11,12)9(3)4/h10-11H,6-9H2,1-5H3,(H,12,13);8-9H,5-7H2,1-4H3,(H2,10,11,12). The van der Waals surface area contributed by atoms with E-state index in [1.807, 2.05) is 20.8 Å². The molecule has 3 N–H and O–H groups in total. The zero-order valence-electron chi connectivity index (χ0n) is 19.8. The summed E-state index contributed by atoms with van der Waals surface area (Å²) in [5.41, 5.74) is -0.136. The van der Waals surface area contributed by atoms with Crippen LogP contribution in [-0.4, -0.2) is 35.9 Å². The predicted octanol–water partition coefficient (Wildman–Crippen LogP) is 6.26. The third kappa shape index (κ3) is 16.1. The number of hydrogen-bond acceptors (Lipinski definition) is 3.